The van der Waals surface area contributed by atoms with E-state index in [0.29, 0.717) is 26.8 Å². The standard InChI is InChI=1S/C17H15BrFN3O3/c1-3-25-15(23)8-21-9-20-22-14(18)7-12(16(22)17(21)24)11-4-5-13(19)10(2)6-11/h4-7,9H,3,8H2,1-2H3. The van der Waals surface area contributed by atoms with Crippen molar-refractivity contribution < 1.29 is 13.9 Å². The van der Waals surface area contributed by atoms with Crippen LogP contribution in [0.5, 0.6) is 0 Å². The van der Waals surface area contributed by atoms with E-state index in [9.17, 15) is 14.0 Å². The van der Waals surface area contributed by atoms with Crippen LogP contribution in [0.1, 0.15) is 12.5 Å². The number of aryl methyl sites for hydroxylation is 1. The molecule has 25 heavy (non-hydrogen) atoms. The SMILES string of the molecule is CCOC(=O)Cn1cnn2c(Br)cc(-c3ccc(F)c(C)c3)c2c1=O. The Morgan fingerprint density at radius 1 is 1.36 bits per heavy atom. The summed E-state index contributed by atoms with van der Waals surface area (Å²) in [5.41, 5.74) is 1.68. The second-order valence-corrected chi connectivity index (χ2v) is 6.29. The lowest BCUT2D eigenvalue weighted by atomic mass is 10.0. The van der Waals surface area contributed by atoms with Crippen LogP contribution in [0.2, 0.25) is 0 Å². The van der Waals surface area contributed by atoms with Gasteiger partial charge in [-0.15, -0.1) is 0 Å². The van der Waals surface area contributed by atoms with Crippen LogP contribution < -0.4 is 5.56 Å². The maximum atomic E-state index is 13.5. The van der Waals surface area contributed by atoms with E-state index in [0.717, 1.165) is 0 Å². The fourth-order valence-electron chi connectivity index (χ4n) is 2.58. The van der Waals surface area contributed by atoms with E-state index in [1.807, 2.05) is 0 Å². The van der Waals surface area contributed by atoms with Gasteiger partial charge in [-0.2, -0.15) is 5.10 Å². The fraction of sp³-hybridized carbons (Fsp3) is 0.235. The highest BCUT2D eigenvalue weighted by Gasteiger charge is 2.17. The smallest absolute Gasteiger partial charge is 0.326 e. The second kappa shape index (κ2) is 6.79. The van der Waals surface area contributed by atoms with Gasteiger partial charge >= 0.3 is 5.97 Å². The summed E-state index contributed by atoms with van der Waals surface area (Å²) < 4.78 is 21.6. The second-order valence-electron chi connectivity index (χ2n) is 5.47. The first-order chi connectivity index (χ1) is 11.9. The monoisotopic (exact) mass is 407 g/mol. The average molecular weight is 408 g/mol. The first-order valence-corrected chi connectivity index (χ1v) is 8.40. The number of carbonyl (C=O) groups is 1. The summed E-state index contributed by atoms with van der Waals surface area (Å²) >= 11 is 3.37. The topological polar surface area (TPSA) is 65.6 Å². The Balaban J connectivity index is 2.18. The minimum absolute atomic E-state index is 0.221. The molecule has 3 rings (SSSR count). The van der Waals surface area contributed by atoms with E-state index in [4.69, 9.17) is 4.74 Å². The minimum atomic E-state index is -0.513. The maximum absolute atomic E-state index is 13.5. The molecule has 1 aromatic carbocycles. The number of hydrogen-bond donors (Lipinski definition) is 0. The molecule has 0 atom stereocenters. The average Bonchev–Trinajstić information content (AvgIpc) is 2.90. The highest BCUT2D eigenvalue weighted by molar-refractivity contribution is 9.10. The van der Waals surface area contributed by atoms with E-state index in [1.54, 1.807) is 32.0 Å². The molecule has 0 bridgehead atoms. The molecule has 0 spiro atoms. The molecular weight excluding hydrogens is 393 g/mol. The third-order valence-corrected chi connectivity index (χ3v) is 4.34. The maximum Gasteiger partial charge on any atom is 0.326 e. The number of benzene rings is 1. The summed E-state index contributed by atoms with van der Waals surface area (Å²) in [4.78, 5) is 24.5. The van der Waals surface area contributed by atoms with Crippen molar-refractivity contribution in [3.8, 4) is 11.1 Å². The van der Waals surface area contributed by atoms with Gasteiger partial charge in [-0.1, -0.05) is 6.07 Å². The predicted molar refractivity (Wildman–Crippen MR) is 93.9 cm³/mol. The van der Waals surface area contributed by atoms with Crippen molar-refractivity contribution in [2.75, 3.05) is 6.61 Å². The molecule has 0 aliphatic carbocycles. The summed E-state index contributed by atoms with van der Waals surface area (Å²) in [5.74, 6) is -0.829. The number of esters is 1. The first-order valence-electron chi connectivity index (χ1n) is 7.61. The van der Waals surface area contributed by atoms with Gasteiger partial charge in [0.05, 0.1) is 6.61 Å². The predicted octanol–water partition coefficient (Wildman–Crippen LogP) is 2.94. The van der Waals surface area contributed by atoms with Crippen LogP contribution in [0.4, 0.5) is 4.39 Å². The van der Waals surface area contributed by atoms with Gasteiger partial charge in [0, 0.05) is 5.56 Å². The molecule has 2 heterocycles. The minimum Gasteiger partial charge on any atom is -0.465 e. The number of fused-ring (bicyclic) bond motifs is 1. The van der Waals surface area contributed by atoms with Crippen LogP contribution in [0.3, 0.4) is 0 Å². The van der Waals surface area contributed by atoms with Crippen LogP contribution in [-0.2, 0) is 16.1 Å². The lowest BCUT2D eigenvalue weighted by Crippen LogP contribution is -2.27. The zero-order chi connectivity index (χ0) is 18.1. The zero-order valence-corrected chi connectivity index (χ0v) is 15.2. The summed E-state index contributed by atoms with van der Waals surface area (Å²) in [7, 11) is 0. The molecular formula is C17H15BrFN3O3. The molecule has 0 radical (unpaired) electrons. The summed E-state index contributed by atoms with van der Waals surface area (Å²) in [6.45, 7) is 3.37. The van der Waals surface area contributed by atoms with Crippen LogP contribution in [0.25, 0.3) is 16.6 Å². The Morgan fingerprint density at radius 2 is 2.12 bits per heavy atom. The zero-order valence-electron chi connectivity index (χ0n) is 13.6. The molecule has 2 aromatic heterocycles. The molecule has 0 amide bonds. The van der Waals surface area contributed by atoms with Gasteiger partial charge in [0.2, 0.25) is 0 Å². The Hall–Kier alpha value is -2.48. The molecule has 0 aliphatic heterocycles. The number of ether oxygens (including phenoxy) is 1. The summed E-state index contributed by atoms with van der Waals surface area (Å²) in [6, 6.07) is 6.37. The van der Waals surface area contributed by atoms with Gasteiger partial charge in [-0.3, -0.25) is 14.2 Å². The fourth-order valence-corrected chi connectivity index (χ4v) is 3.08. The number of nitrogens with zero attached hydrogens (tertiary/aromatic N) is 3. The molecule has 3 aromatic rings. The quantitative estimate of drug-likeness (QED) is 0.623. The number of rotatable bonds is 4. The van der Waals surface area contributed by atoms with Crippen molar-refractivity contribution in [3.05, 3.63) is 56.9 Å². The third-order valence-electron chi connectivity index (χ3n) is 3.78. The highest BCUT2D eigenvalue weighted by atomic mass is 79.9. The van der Waals surface area contributed by atoms with Crippen LogP contribution >= 0.6 is 15.9 Å². The first kappa shape index (κ1) is 17.3. The number of hydrogen-bond acceptors (Lipinski definition) is 4. The van der Waals surface area contributed by atoms with Gasteiger partial charge in [0.15, 0.2) is 0 Å². The summed E-state index contributed by atoms with van der Waals surface area (Å²) in [5, 5.41) is 4.19. The largest absolute Gasteiger partial charge is 0.465 e. The van der Waals surface area contributed by atoms with Gasteiger partial charge in [0.25, 0.3) is 5.56 Å². The Labute approximate surface area is 151 Å². The van der Waals surface area contributed by atoms with Crippen molar-refractivity contribution in [2.24, 2.45) is 0 Å². The van der Waals surface area contributed by atoms with Gasteiger partial charge in [0.1, 0.15) is 28.8 Å². The Kier molecular flexibility index (Phi) is 4.71. The number of halogens is 2. The van der Waals surface area contributed by atoms with E-state index in [1.165, 1.54) is 21.5 Å². The van der Waals surface area contributed by atoms with Crippen LogP contribution in [-0.4, -0.2) is 26.8 Å². The van der Waals surface area contributed by atoms with Crippen molar-refractivity contribution in [2.45, 2.75) is 20.4 Å². The lowest BCUT2D eigenvalue weighted by molar-refractivity contribution is -0.143. The molecule has 0 saturated heterocycles. The molecule has 0 N–H and O–H groups in total. The normalized spacial score (nSPS) is 11.0. The Morgan fingerprint density at radius 3 is 2.80 bits per heavy atom. The number of carbonyl (C=O) groups excluding carboxylic acids is 1. The van der Waals surface area contributed by atoms with Gasteiger partial charge < -0.3 is 4.74 Å². The van der Waals surface area contributed by atoms with Crippen LogP contribution in [0, 0.1) is 12.7 Å². The van der Waals surface area contributed by atoms with E-state index < -0.39 is 5.97 Å². The molecule has 6 nitrogen and oxygen atoms in total. The van der Waals surface area contributed by atoms with Crippen molar-refractivity contribution >= 4 is 27.4 Å². The van der Waals surface area contributed by atoms with E-state index in [-0.39, 0.29) is 24.5 Å². The van der Waals surface area contributed by atoms with Crippen LogP contribution in [0.15, 0.2) is 40.0 Å². The molecule has 0 unspecified atom stereocenters. The molecule has 130 valence electrons. The third kappa shape index (κ3) is 3.21. The lowest BCUT2D eigenvalue weighted by Gasteiger charge is -2.07. The highest BCUT2D eigenvalue weighted by Crippen LogP contribution is 2.29. The molecule has 0 fully saturated rings. The number of aromatic nitrogens is 3. The molecule has 0 saturated carbocycles. The van der Waals surface area contributed by atoms with Crippen molar-refractivity contribution in [1.82, 2.24) is 14.2 Å². The van der Waals surface area contributed by atoms with Crippen molar-refractivity contribution in [1.29, 1.82) is 0 Å². The Bertz CT molecular complexity index is 1030. The van der Waals surface area contributed by atoms with E-state index in [2.05, 4.69) is 21.0 Å². The van der Waals surface area contributed by atoms with Gasteiger partial charge in [-0.05, 0) is 59.1 Å². The molecule has 8 heteroatoms. The van der Waals surface area contributed by atoms with Gasteiger partial charge in [-0.25, -0.2) is 8.91 Å². The summed E-state index contributed by atoms with van der Waals surface area (Å²) in [6.07, 6.45) is 1.29. The van der Waals surface area contributed by atoms with E-state index >= 15 is 0 Å². The van der Waals surface area contributed by atoms with Crippen molar-refractivity contribution in [3.63, 3.8) is 0 Å². The molecule has 0 aliphatic rings.